The number of hydrogen-bond acceptors (Lipinski definition) is 4. The Hall–Kier alpha value is -1.98. The minimum atomic E-state index is -0.844. The highest BCUT2D eigenvalue weighted by Gasteiger charge is 2.19. The number of halogens is 1. The Labute approximate surface area is 97.3 Å². The first-order valence-corrected chi connectivity index (χ1v) is 5.13. The van der Waals surface area contributed by atoms with E-state index in [1.165, 1.54) is 6.07 Å². The smallest absolute Gasteiger partial charge is 0.314 e. The fourth-order valence-electron chi connectivity index (χ4n) is 1.29. The molecule has 1 rings (SSSR count). The van der Waals surface area contributed by atoms with E-state index in [9.17, 15) is 19.3 Å². The predicted octanol–water partition coefficient (Wildman–Crippen LogP) is 2.48. The van der Waals surface area contributed by atoms with Crippen molar-refractivity contribution in [3.05, 3.63) is 34.1 Å². The molecular weight excluding hydrogens is 229 g/mol. The molecule has 0 aliphatic rings. The lowest BCUT2D eigenvalue weighted by Crippen LogP contribution is -2.12. The van der Waals surface area contributed by atoms with E-state index in [0.29, 0.717) is 12.8 Å². The van der Waals surface area contributed by atoms with Gasteiger partial charge in [-0.05, 0) is 12.5 Å². The molecule has 1 aromatic carbocycles. The number of Topliss-reactive ketones (excluding diaryl/α,β-unsaturated/α-hetero) is 1. The van der Waals surface area contributed by atoms with E-state index >= 15 is 0 Å². The summed E-state index contributed by atoms with van der Waals surface area (Å²) in [7, 11) is 0. The number of ether oxygens (including phenoxy) is 1. The number of hydrogen-bond donors (Lipinski definition) is 0. The summed E-state index contributed by atoms with van der Waals surface area (Å²) in [5.41, 5.74) is -0.478. The monoisotopic (exact) mass is 241 g/mol. The molecule has 0 heterocycles. The van der Waals surface area contributed by atoms with E-state index in [1.807, 2.05) is 6.92 Å². The van der Waals surface area contributed by atoms with E-state index < -0.39 is 22.2 Å². The van der Waals surface area contributed by atoms with Crippen molar-refractivity contribution in [1.29, 1.82) is 0 Å². The number of nitro groups is 1. The van der Waals surface area contributed by atoms with Gasteiger partial charge in [0, 0.05) is 12.5 Å². The largest absolute Gasteiger partial charge is 0.477 e. The van der Waals surface area contributed by atoms with Crippen molar-refractivity contribution < 1.29 is 18.8 Å². The molecule has 0 saturated carbocycles. The summed E-state index contributed by atoms with van der Waals surface area (Å²) >= 11 is 0. The number of carbonyl (C=O) groups is 1. The first-order valence-electron chi connectivity index (χ1n) is 5.13. The average molecular weight is 241 g/mol. The van der Waals surface area contributed by atoms with Crippen LogP contribution in [-0.2, 0) is 4.79 Å². The number of nitrogens with zero attached hydrogens (tertiary/aromatic N) is 1. The predicted molar refractivity (Wildman–Crippen MR) is 58.5 cm³/mol. The third kappa shape index (κ3) is 3.51. The van der Waals surface area contributed by atoms with E-state index in [2.05, 4.69) is 0 Å². The van der Waals surface area contributed by atoms with E-state index in [1.54, 1.807) is 0 Å². The van der Waals surface area contributed by atoms with Crippen LogP contribution in [0.2, 0.25) is 0 Å². The second kappa shape index (κ2) is 5.93. The summed E-state index contributed by atoms with van der Waals surface area (Å²) in [6.45, 7) is 1.47. The van der Waals surface area contributed by atoms with Gasteiger partial charge in [0.05, 0.1) is 4.92 Å². The standard InChI is InChI=1S/C11H12FNO4/c1-2-4-8(14)7-17-11-9(12)5-3-6-10(11)13(15)16/h3,5-6H,2,4,7H2,1H3. The zero-order chi connectivity index (χ0) is 12.8. The highest BCUT2D eigenvalue weighted by Crippen LogP contribution is 2.29. The Morgan fingerprint density at radius 1 is 1.53 bits per heavy atom. The SMILES string of the molecule is CCCC(=O)COc1c(F)cccc1[N+](=O)[O-]. The summed E-state index contributed by atoms with van der Waals surface area (Å²) in [5, 5.41) is 10.6. The zero-order valence-electron chi connectivity index (χ0n) is 9.31. The van der Waals surface area contributed by atoms with E-state index in [-0.39, 0.29) is 12.4 Å². The lowest BCUT2D eigenvalue weighted by molar-refractivity contribution is -0.386. The molecule has 0 radical (unpaired) electrons. The molecule has 0 aliphatic carbocycles. The maximum absolute atomic E-state index is 13.3. The van der Waals surface area contributed by atoms with Gasteiger partial charge >= 0.3 is 5.69 Å². The van der Waals surface area contributed by atoms with Gasteiger partial charge in [-0.25, -0.2) is 4.39 Å². The quantitative estimate of drug-likeness (QED) is 0.566. The van der Waals surface area contributed by atoms with Gasteiger partial charge in [0.15, 0.2) is 11.6 Å². The number of ketones is 1. The molecule has 0 atom stereocenters. The highest BCUT2D eigenvalue weighted by atomic mass is 19.1. The van der Waals surface area contributed by atoms with Crippen LogP contribution >= 0.6 is 0 Å². The molecule has 6 heteroatoms. The Morgan fingerprint density at radius 2 is 2.24 bits per heavy atom. The number of para-hydroxylation sites is 1. The molecule has 0 amide bonds. The minimum Gasteiger partial charge on any atom is -0.477 e. The van der Waals surface area contributed by atoms with Crippen molar-refractivity contribution in [2.45, 2.75) is 19.8 Å². The van der Waals surface area contributed by atoms with Crippen LogP contribution in [0.5, 0.6) is 5.75 Å². The number of benzene rings is 1. The first kappa shape index (κ1) is 13.1. The van der Waals surface area contributed by atoms with Crippen LogP contribution in [-0.4, -0.2) is 17.3 Å². The molecule has 17 heavy (non-hydrogen) atoms. The topological polar surface area (TPSA) is 69.4 Å². The first-order chi connectivity index (χ1) is 8.06. The second-order valence-electron chi connectivity index (χ2n) is 3.42. The summed E-state index contributed by atoms with van der Waals surface area (Å²) < 4.78 is 18.2. The molecule has 0 saturated heterocycles. The average Bonchev–Trinajstić information content (AvgIpc) is 2.27. The summed E-state index contributed by atoms with van der Waals surface area (Å²) in [6.07, 6.45) is 0.962. The van der Waals surface area contributed by atoms with E-state index in [0.717, 1.165) is 12.1 Å². The Balaban J connectivity index is 2.82. The van der Waals surface area contributed by atoms with Crippen LogP contribution in [0.25, 0.3) is 0 Å². The van der Waals surface area contributed by atoms with Gasteiger partial charge in [-0.1, -0.05) is 13.0 Å². The number of rotatable bonds is 6. The Morgan fingerprint density at radius 3 is 2.82 bits per heavy atom. The molecule has 0 bridgehead atoms. The molecule has 0 fully saturated rings. The number of nitro benzene ring substituents is 1. The van der Waals surface area contributed by atoms with Crippen LogP contribution in [0.4, 0.5) is 10.1 Å². The molecule has 0 N–H and O–H groups in total. The van der Waals surface area contributed by atoms with Crippen LogP contribution < -0.4 is 4.74 Å². The highest BCUT2D eigenvalue weighted by molar-refractivity contribution is 5.80. The second-order valence-corrected chi connectivity index (χ2v) is 3.42. The van der Waals surface area contributed by atoms with E-state index in [4.69, 9.17) is 4.74 Å². The lowest BCUT2D eigenvalue weighted by atomic mass is 10.2. The maximum Gasteiger partial charge on any atom is 0.314 e. The zero-order valence-corrected chi connectivity index (χ0v) is 9.31. The molecule has 0 aromatic heterocycles. The molecule has 0 unspecified atom stereocenters. The molecule has 0 aliphatic heterocycles. The summed E-state index contributed by atoms with van der Waals surface area (Å²) in [5.74, 6) is -1.55. The Bertz CT molecular complexity index is 433. The third-order valence-electron chi connectivity index (χ3n) is 2.05. The van der Waals surface area contributed by atoms with Crippen molar-refractivity contribution in [2.75, 3.05) is 6.61 Å². The van der Waals surface area contributed by atoms with Crippen LogP contribution in [0.15, 0.2) is 18.2 Å². The van der Waals surface area contributed by atoms with Gasteiger partial charge in [-0.15, -0.1) is 0 Å². The van der Waals surface area contributed by atoms with Gasteiger partial charge in [0.2, 0.25) is 5.75 Å². The van der Waals surface area contributed by atoms with Crippen LogP contribution in [0, 0.1) is 15.9 Å². The lowest BCUT2D eigenvalue weighted by Gasteiger charge is -2.06. The normalized spacial score (nSPS) is 10.0. The molecule has 92 valence electrons. The fraction of sp³-hybridized carbons (Fsp3) is 0.364. The van der Waals surface area contributed by atoms with Crippen molar-refractivity contribution in [3.8, 4) is 5.75 Å². The third-order valence-corrected chi connectivity index (χ3v) is 2.05. The van der Waals surface area contributed by atoms with Gasteiger partial charge in [-0.3, -0.25) is 14.9 Å². The number of carbonyl (C=O) groups excluding carboxylic acids is 1. The van der Waals surface area contributed by atoms with Crippen molar-refractivity contribution in [3.63, 3.8) is 0 Å². The van der Waals surface area contributed by atoms with Crippen LogP contribution in [0.3, 0.4) is 0 Å². The van der Waals surface area contributed by atoms with Gasteiger partial charge in [-0.2, -0.15) is 0 Å². The minimum absolute atomic E-state index is 0.218. The van der Waals surface area contributed by atoms with Crippen LogP contribution in [0.1, 0.15) is 19.8 Å². The van der Waals surface area contributed by atoms with Gasteiger partial charge in [0.25, 0.3) is 0 Å². The molecule has 1 aromatic rings. The van der Waals surface area contributed by atoms with Crippen molar-refractivity contribution >= 4 is 11.5 Å². The molecule has 5 nitrogen and oxygen atoms in total. The van der Waals surface area contributed by atoms with Crippen molar-refractivity contribution in [1.82, 2.24) is 0 Å². The fourth-order valence-corrected chi connectivity index (χ4v) is 1.29. The van der Waals surface area contributed by atoms with Crippen molar-refractivity contribution in [2.24, 2.45) is 0 Å². The van der Waals surface area contributed by atoms with Gasteiger partial charge < -0.3 is 4.74 Å². The molecule has 0 spiro atoms. The summed E-state index contributed by atoms with van der Waals surface area (Å²) in [6, 6.07) is 3.39. The Kier molecular flexibility index (Phi) is 4.56. The van der Waals surface area contributed by atoms with Gasteiger partial charge in [0.1, 0.15) is 6.61 Å². The summed E-state index contributed by atoms with van der Waals surface area (Å²) in [4.78, 5) is 21.1. The maximum atomic E-state index is 13.3. The molecular formula is C11H12FNO4.